The molecule has 12 nitrogen and oxygen atoms in total. The van der Waals surface area contributed by atoms with Crippen LogP contribution in [-0.2, 0) is 25.8 Å². The molecule has 4 bridgehead atoms. The lowest BCUT2D eigenvalue weighted by Crippen LogP contribution is -2.59. The highest BCUT2D eigenvalue weighted by Gasteiger charge is 2.73. The van der Waals surface area contributed by atoms with E-state index in [-0.39, 0.29) is 6.42 Å². The Hall–Kier alpha value is -3.45. The van der Waals surface area contributed by atoms with E-state index in [4.69, 9.17) is 0 Å². The number of hydrogen-bond donors (Lipinski definition) is 0. The van der Waals surface area contributed by atoms with Gasteiger partial charge in [-0.25, -0.2) is 37.9 Å². The molecule has 4 heterocycles. The van der Waals surface area contributed by atoms with Gasteiger partial charge in [0.15, 0.2) is 0 Å². The molecule has 0 aliphatic carbocycles. The summed E-state index contributed by atoms with van der Waals surface area (Å²) in [5.41, 5.74) is -5.56. The van der Waals surface area contributed by atoms with E-state index in [0.717, 1.165) is 16.7 Å². The van der Waals surface area contributed by atoms with Crippen molar-refractivity contribution >= 4 is 18.2 Å². The van der Waals surface area contributed by atoms with Crippen molar-refractivity contribution < 1.29 is 14.4 Å². The Kier molecular flexibility index (Phi) is 3.07. The van der Waals surface area contributed by atoms with Crippen molar-refractivity contribution in [2.75, 3.05) is 0 Å². The summed E-state index contributed by atoms with van der Waals surface area (Å²) >= 11 is 0. The number of nitrogens with zero attached hydrogens (tertiary/aromatic N) is 6. The minimum atomic E-state index is -2.56. The molecule has 3 aliphatic rings. The van der Waals surface area contributed by atoms with Crippen LogP contribution >= 0.6 is 0 Å². The number of hydrogen-bond acceptors (Lipinski definition) is 9. The van der Waals surface area contributed by atoms with E-state index < -0.39 is 34.6 Å². The van der Waals surface area contributed by atoms with Crippen LogP contribution in [0.5, 0.6) is 0 Å². The second kappa shape index (κ2) is 4.77. The first-order valence-corrected chi connectivity index (χ1v) is 6.77. The van der Waals surface area contributed by atoms with Crippen molar-refractivity contribution in [1.82, 2.24) is 13.7 Å². The van der Waals surface area contributed by atoms with Crippen molar-refractivity contribution in [2.24, 2.45) is 15.0 Å². The molecule has 12 heteroatoms. The molecule has 1 aromatic heterocycles. The van der Waals surface area contributed by atoms with Crippen LogP contribution in [0, 0.1) is 0 Å². The van der Waals surface area contributed by atoms with E-state index in [2.05, 4.69) is 15.0 Å². The Morgan fingerprint density at radius 1 is 0.917 bits per heavy atom. The molecule has 2 atom stereocenters. The zero-order chi connectivity index (χ0) is 17.7. The van der Waals surface area contributed by atoms with Crippen LogP contribution in [0.15, 0.2) is 29.4 Å². The van der Waals surface area contributed by atoms with Gasteiger partial charge in [0.25, 0.3) is 0 Å². The number of carbonyl (C=O) groups excluding carboxylic acids is 3. The quantitative estimate of drug-likeness (QED) is 0.440. The number of rotatable bonds is 5. The molecular formula is C12H8N6O6. The number of aromatic nitrogens is 3. The van der Waals surface area contributed by atoms with Gasteiger partial charge in [0, 0.05) is 0 Å². The maximum atomic E-state index is 12.5. The van der Waals surface area contributed by atoms with Crippen molar-refractivity contribution in [3.8, 4) is 0 Å². The average Bonchev–Trinajstić information content (AvgIpc) is 2.82. The monoisotopic (exact) mass is 332 g/mol. The first kappa shape index (κ1) is 15.4. The van der Waals surface area contributed by atoms with Crippen LogP contribution in [0.25, 0.3) is 0 Å². The van der Waals surface area contributed by atoms with Gasteiger partial charge in [0.05, 0.1) is 6.04 Å². The molecule has 2 unspecified atom stereocenters. The third-order valence-electron chi connectivity index (χ3n) is 4.28. The summed E-state index contributed by atoms with van der Waals surface area (Å²) < 4.78 is 1.53. The van der Waals surface area contributed by atoms with Crippen molar-refractivity contribution in [1.29, 1.82) is 0 Å². The number of isocyanates is 3. The topological polar surface area (TPSA) is 154 Å². The normalized spacial score (nSPS) is 28.1. The molecule has 0 N–H and O–H groups in total. The molecule has 0 fully saturated rings. The standard InChI is InChI=1S/C12H8N6O6/c1-2-3-7-11(13-4-19)12(14-5-20,15-6-21)18-9(23)16(7)8(22)17(11)10(18)24/h7H,2-3H2,1H3. The van der Waals surface area contributed by atoms with Crippen molar-refractivity contribution in [3.05, 3.63) is 31.5 Å². The van der Waals surface area contributed by atoms with Gasteiger partial charge in [-0.3, -0.25) is 0 Å². The zero-order valence-electron chi connectivity index (χ0n) is 12.1. The van der Waals surface area contributed by atoms with Gasteiger partial charge < -0.3 is 0 Å². The molecule has 0 saturated carbocycles. The third-order valence-corrected chi connectivity index (χ3v) is 4.28. The second-order valence-corrected chi connectivity index (χ2v) is 5.16. The van der Waals surface area contributed by atoms with Gasteiger partial charge in [-0.2, -0.15) is 9.56 Å². The summed E-state index contributed by atoms with van der Waals surface area (Å²) in [7, 11) is 0. The molecule has 4 rings (SSSR count). The highest BCUT2D eigenvalue weighted by atomic mass is 16.2. The maximum absolute atomic E-state index is 12.5. The van der Waals surface area contributed by atoms with Crippen LogP contribution < -0.4 is 17.1 Å². The Morgan fingerprint density at radius 2 is 1.46 bits per heavy atom. The molecular weight excluding hydrogens is 324 g/mol. The lowest BCUT2D eigenvalue weighted by Gasteiger charge is -2.38. The van der Waals surface area contributed by atoms with E-state index in [1.54, 1.807) is 6.92 Å². The fourth-order valence-corrected chi connectivity index (χ4v) is 3.54. The molecule has 24 heavy (non-hydrogen) atoms. The van der Waals surface area contributed by atoms with Crippen LogP contribution in [-0.4, -0.2) is 31.9 Å². The fourth-order valence-electron chi connectivity index (χ4n) is 3.54. The predicted octanol–water partition coefficient (Wildman–Crippen LogP) is -2.19. The molecule has 0 saturated heterocycles. The molecule has 3 aliphatic heterocycles. The van der Waals surface area contributed by atoms with Gasteiger partial charge in [0.1, 0.15) is 0 Å². The second-order valence-electron chi connectivity index (χ2n) is 5.16. The highest BCUT2D eigenvalue weighted by Crippen LogP contribution is 2.51. The minimum Gasteiger partial charge on any atom is -0.247 e. The van der Waals surface area contributed by atoms with Gasteiger partial charge >= 0.3 is 22.9 Å². The van der Waals surface area contributed by atoms with Gasteiger partial charge in [0.2, 0.25) is 23.9 Å². The minimum absolute atomic E-state index is 0.116. The van der Waals surface area contributed by atoms with Crippen molar-refractivity contribution in [2.45, 2.75) is 37.3 Å². The van der Waals surface area contributed by atoms with E-state index in [9.17, 15) is 28.8 Å². The van der Waals surface area contributed by atoms with Crippen molar-refractivity contribution in [3.63, 3.8) is 0 Å². The summed E-state index contributed by atoms with van der Waals surface area (Å²) in [6.45, 7) is 1.72. The van der Waals surface area contributed by atoms with Gasteiger partial charge in [-0.05, 0) is 6.42 Å². The molecule has 0 amide bonds. The summed E-state index contributed by atoms with van der Waals surface area (Å²) in [4.78, 5) is 80.4. The van der Waals surface area contributed by atoms with Crippen LogP contribution in [0.3, 0.4) is 0 Å². The first-order valence-electron chi connectivity index (χ1n) is 6.77. The smallest absolute Gasteiger partial charge is 0.247 e. The zero-order valence-corrected chi connectivity index (χ0v) is 12.1. The van der Waals surface area contributed by atoms with Gasteiger partial charge in [-0.15, -0.1) is 9.98 Å². The predicted molar refractivity (Wildman–Crippen MR) is 73.5 cm³/mol. The molecule has 1 aromatic rings. The highest BCUT2D eigenvalue weighted by molar-refractivity contribution is 5.43. The Bertz CT molecular complexity index is 1060. The largest absolute Gasteiger partial charge is 0.342 e. The molecule has 0 radical (unpaired) electrons. The maximum Gasteiger partial charge on any atom is 0.342 e. The first-order chi connectivity index (χ1) is 11.5. The van der Waals surface area contributed by atoms with E-state index in [1.165, 1.54) is 6.08 Å². The Morgan fingerprint density at radius 3 is 1.96 bits per heavy atom. The Labute approximate surface area is 131 Å². The van der Waals surface area contributed by atoms with E-state index in [0.29, 0.717) is 15.6 Å². The van der Waals surface area contributed by atoms with Gasteiger partial charge in [-0.1, -0.05) is 13.3 Å². The lowest BCUT2D eigenvalue weighted by molar-refractivity contribution is 0.0440. The third kappa shape index (κ3) is 1.29. The SMILES string of the molecule is CCCC1n2c(=O)n3c(=O)n(c2=O)C1(N=C=O)C3(N=C=O)N=C=O. The summed E-state index contributed by atoms with van der Waals surface area (Å²) in [6.07, 6.45) is 3.98. The molecule has 0 spiro atoms. The van der Waals surface area contributed by atoms with Crippen LogP contribution in [0.2, 0.25) is 0 Å². The average molecular weight is 332 g/mol. The molecule has 122 valence electrons. The Balaban J connectivity index is 2.67. The summed E-state index contributed by atoms with van der Waals surface area (Å²) in [5.74, 6) is -2.56. The fraction of sp³-hybridized carbons (Fsp3) is 0.500. The summed E-state index contributed by atoms with van der Waals surface area (Å²) in [6, 6.07) is -1.15. The van der Waals surface area contributed by atoms with Crippen LogP contribution in [0.1, 0.15) is 25.8 Å². The molecule has 0 aromatic carbocycles. The van der Waals surface area contributed by atoms with E-state index in [1.807, 2.05) is 0 Å². The van der Waals surface area contributed by atoms with E-state index >= 15 is 0 Å². The number of aliphatic imine (C=N–C) groups is 3. The summed E-state index contributed by atoms with van der Waals surface area (Å²) in [5, 5.41) is 0. The lowest BCUT2D eigenvalue weighted by atomic mass is 9.89. The van der Waals surface area contributed by atoms with Crippen LogP contribution in [0.4, 0.5) is 0 Å².